The van der Waals surface area contributed by atoms with Crippen LogP contribution < -0.4 is 0 Å². The van der Waals surface area contributed by atoms with Crippen molar-refractivity contribution in [3.8, 4) is 0 Å². The number of aliphatic hydroxyl groups is 2. The lowest BCUT2D eigenvalue weighted by atomic mass is 9.53. The molecule has 1 saturated carbocycles. The Balaban J connectivity index is 2.12. The third-order valence-electron chi connectivity index (χ3n) is 6.07. The number of benzene rings is 1. The molecule has 2 nitrogen and oxygen atoms in total. The van der Waals surface area contributed by atoms with Gasteiger partial charge >= 0.3 is 0 Å². The Hall–Kier alpha value is -0.860. The molecule has 4 atom stereocenters. The van der Waals surface area contributed by atoms with E-state index in [0.717, 1.165) is 24.8 Å². The lowest BCUT2D eigenvalue weighted by Gasteiger charge is -2.54. The van der Waals surface area contributed by atoms with Crippen molar-refractivity contribution in [2.75, 3.05) is 0 Å². The topological polar surface area (TPSA) is 40.5 Å². The van der Waals surface area contributed by atoms with Crippen molar-refractivity contribution in [3.05, 3.63) is 34.9 Å². The summed E-state index contributed by atoms with van der Waals surface area (Å²) in [6.07, 6.45) is 3.24. The summed E-state index contributed by atoms with van der Waals surface area (Å²) >= 11 is 0. The van der Waals surface area contributed by atoms with Gasteiger partial charge in [-0.15, -0.1) is 0 Å². The van der Waals surface area contributed by atoms with E-state index in [-0.39, 0.29) is 11.3 Å². The van der Waals surface area contributed by atoms with E-state index < -0.39 is 11.7 Å². The fraction of sp³-hybridized carbons (Fsp3) is 0.684. The molecule has 0 spiro atoms. The largest absolute Gasteiger partial charge is 0.390 e. The number of rotatable bonds is 1. The smallest absolute Gasteiger partial charge is 0.0797 e. The van der Waals surface area contributed by atoms with E-state index in [4.69, 9.17) is 0 Å². The zero-order valence-corrected chi connectivity index (χ0v) is 13.7. The first-order valence-corrected chi connectivity index (χ1v) is 8.30. The van der Waals surface area contributed by atoms with Crippen LogP contribution in [0.1, 0.15) is 82.1 Å². The first-order valence-electron chi connectivity index (χ1n) is 8.30. The van der Waals surface area contributed by atoms with Crippen LogP contribution >= 0.6 is 0 Å². The van der Waals surface area contributed by atoms with Crippen molar-refractivity contribution in [2.24, 2.45) is 5.92 Å². The van der Waals surface area contributed by atoms with Crippen LogP contribution in [0.5, 0.6) is 0 Å². The van der Waals surface area contributed by atoms with E-state index >= 15 is 0 Å². The standard InChI is InChI=1S/C19H28O2/c1-12(2)13-6-7-15-14(10-13)16(20)11-17-18(15,3)8-5-9-19(17,4)21/h6-7,10,12,16-17,20-21H,5,8-9,11H2,1-4H3. The second-order valence-electron chi connectivity index (χ2n) is 7.93. The van der Waals surface area contributed by atoms with E-state index in [2.05, 4.69) is 39.0 Å². The van der Waals surface area contributed by atoms with Gasteiger partial charge in [-0.25, -0.2) is 0 Å². The van der Waals surface area contributed by atoms with Gasteiger partial charge in [-0.2, -0.15) is 0 Å². The molecule has 1 fully saturated rings. The van der Waals surface area contributed by atoms with Gasteiger partial charge in [0, 0.05) is 0 Å². The average Bonchev–Trinajstić information content (AvgIpc) is 2.41. The van der Waals surface area contributed by atoms with Crippen molar-refractivity contribution < 1.29 is 10.2 Å². The van der Waals surface area contributed by atoms with Gasteiger partial charge in [0.25, 0.3) is 0 Å². The van der Waals surface area contributed by atoms with Gasteiger partial charge < -0.3 is 10.2 Å². The minimum Gasteiger partial charge on any atom is -0.390 e. The predicted octanol–water partition coefficient (Wildman–Crippen LogP) is 4.06. The maximum Gasteiger partial charge on any atom is 0.0797 e. The van der Waals surface area contributed by atoms with Crippen molar-refractivity contribution in [1.29, 1.82) is 0 Å². The molecule has 1 aromatic rings. The zero-order valence-electron chi connectivity index (χ0n) is 13.7. The molecule has 4 unspecified atom stereocenters. The van der Waals surface area contributed by atoms with E-state index in [1.54, 1.807) is 0 Å². The third kappa shape index (κ3) is 2.24. The molecule has 0 bridgehead atoms. The Bertz CT molecular complexity index is 546. The van der Waals surface area contributed by atoms with Crippen LogP contribution in [0.15, 0.2) is 18.2 Å². The molecule has 2 aliphatic carbocycles. The van der Waals surface area contributed by atoms with Crippen molar-refractivity contribution in [2.45, 2.75) is 76.4 Å². The first-order chi connectivity index (χ1) is 9.75. The SMILES string of the molecule is CC(C)c1ccc2c(c1)C(O)CC1C(C)(O)CCCC21C. The number of hydrogen-bond donors (Lipinski definition) is 2. The maximum atomic E-state index is 10.8. The molecule has 3 rings (SSSR count). The highest BCUT2D eigenvalue weighted by Crippen LogP contribution is 2.56. The van der Waals surface area contributed by atoms with Crippen LogP contribution in [0, 0.1) is 5.92 Å². The molecule has 0 saturated heterocycles. The molecule has 0 amide bonds. The number of fused-ring (bicyclic) bond motifs is 3. The molecule has 116 valence electrons. The summed E-state index contributed by atoms with van der Waals surface area (Å²) in [5.74, 6) is 0.619. The summed E-state index contributed by atoms with van der Waals surface area (Å²) in [4.78, 5) is 0. The van der Waals surface area contributed by atoms with Crippen LogP contribution in [0.2, 0.25) is 0 Å². The minimum atomic E-state index is -0.664. The average molecular weight is 288 g/mol. The normalized spacial score (nSPS) is 39.0. The van der Waals surface area contributed by atoms with Crippen LogP contribution in [-0.4, -0.2) is 15.8 Å². The maximum absolute atomic E-state index is 10.8. The molecule has 0 radical (unpaired) electrons. The molecule has 0 aliphatic heterocycles. The fourth-order valence-corrected chi connectivity index (χ4v) is 4.77. The summed E-state index contributed by atoms with van der Waals surface area (Å²) in [6.45, 7) is 8.61. The van der Waals surface area contributed by atoms with Crippen LogP contribution in [-0.2, 0) is 5.41 Å². The Kier molecular flexibility index (Phi) is 3.46. The molecule has 2 N–H and O–H groups in total. The van der Waals surface area contributed by atoms with E-state index in [1.807, 2.05) is 6.92 Å². The second-order valence-corrected chi connectivity index (χ2v) is 7.93. The van der Waals surface area contributed by atoms with E-state index in [1.165, 1.54) is 11.1 Å². The Morgan fingerprint density at radius 2 is 1.90 bits per heavy atom. The second kappa shape index (κ2) is 4.82. The van der Waals surface area contributed by atoms with Crippen molar-refractivity contribution in [3.63, 3.8) is 0 Å². The Morgan fingerprint density at radius 3 is 2.57 bits per heavy atom. The van der Waals surface area contributed by atoms with Gasteiger partial charge in [-0.05, 0) is 66.5 Å². The monoisotopic (exact) mass is 288 g/mol. The molecule has 2 heteroatoms. The summed E-state index contributed by atoms with van der Waals surface area (Å²) in [6, 6.07) is 6.60. The quantitative estimate of drug-likeness (QED) is 0.818. The van der Waals surface area contributed by atoms with Gasteiger partial charge in [0.2, 0.25) is 0 Å². The number of hydrogen-bond acceptors (Lipinski definition) is 2. The molecular formula is C19H28O2. The van der Waals surface area contributed by atoms with E-state index in [0.29, 0.717) is 12.3 Å². The van der Waals surface area contributed by atoms with Crippen LogP contribution in [0.25, 0.3) is 0 Å². The summed E-state index contributed by atoms with van der Waals surface area (Å²) < 4.78 is 0. The number of aliphatic hydroxyl groups excluding tert-OH is 1. The fourth-order valence-electron chi connectivity index (χ4n) is 4.77. The molecule has 0 heterocycles. The highest BCUT2D eigenvalue weighted by Gasteiger charge is 2.52. The highest BCUT2D eigenvalue weighted by molar-refractivity contribution is 5.43. The molecule has 0 aromatic heterocycles. The first kappa shape index (κ1) is 15.1. The van der Waals surface area contributed by atoms with Crippen molar-refractivity contribution in [1.82, 2.24) is 0 Å². The van der Waals surface area contributed by atoms with Crippen LogP contribution in [0.4, 0.5) is 0 Å². The van der Waals surface area contributed by atoms with Crippen molar-refractivity contribution >= 4 is 0 Å². The minimum absolute atomic E-state index is 0.00811. The van der Waals surface area contributed by atoms with Gasteiger partial charge in [-0.1, -0.05) is 39.0 Å². The van der Waals surface area contributed by atoms with E-state index in [9.17, 15) is 10.2 Å². The molecular weight excluding hydrogens is 260 g/mol. The Labute approximate surface area is 128 Å². The molecule has 21 heavy (non-hydrogen) atoms. The third-order valence-corrected chi connectivity index (χ3v) is 6.07. The summed E-state index contributed by atoms with van der Waals surface area (Å²) in [5.41, 5.74) is 2.97. The highest BCUT2D eigenvalue weighted by atomic mass is 16.3. The summed E-state index contributed by atoms with van der Waals surface area (Å²) in [7, 11) is 0. The zero-order chi connectivity index (χ0) is 15.4. The lowest BCUT2D eigenvalue weighted by Crippen LogP contribution is -2.53. The molecule has 1 aromatic carbocycles. The lowest BCUT2D eigenvalue weighted by molar-refractivity contribution is -0.0931. The molecule has 2 aliphatic rings. The summed E-state index contributed by atoms with van der Waals surface area (Å²) in [5, 5.41) is 21.5. The Morgan fingerprint density at radius 1 is 1.19 bits per heavy atom. The van der Waals surface area contributed by atoms with Gasteiger partial charge in [0.15, 0.2) is 0 Å². The van der Waals surface area contributed by atoms with Gasteiger partial charge in [-0.3, -0.25) is 0 Å². The predicted molar refractivity (Wildman–Crippen MR) is 85.4 cm³/mol. The van der Waals surface area contributed by atoms with Crippen LogP contribution in [0.3, 0.4) is 0 Å². The van der Waals surface area contributed by atoms with Gasteiger partial charge in [0.05, 0.1) is 11.7 Å². The van der Waals surface area contributed by atoms with Gasteiger partial charge in [0.1, 0.15) is 0 Å².